The van der Waals surface area contributed by atoms with E-state index in [2.05, 4.69) is 66.7 Å². The lowest BCUT2D eigenvalue weighted by molar-refractivity contribution is 0.249. The molecule has 1 saturated carbocycles. The van der Waals surface area contributed by atoms with E-state index in [-0.39, 0.29) is 0 Å². The molecule has 0 amide bonds. The van der Waals surface area contributed by atoms with E-state index < -0.39 is 0 Å². The van der Waals surface area contributed by atoms with E-state index >= 15 is 0 Å². The van der Waals surface area contributed by atoms with Crippen LogP contribution in [0.25, 0.3) is 10.8 Å². The highest BCUT2D eigenvalue weighted by Gasteiger charge is 2.29. The van der Waals surface area contributed by atoms with Gasteiger partial charge in [-0.25, -0.2) is 0 Å². The lowest BCUT2D eigenvalue weighted by atomic mass is 9.98. The first-order valence-electron chi connectivity index (χ1n) is 7.72. The van der Waals surface area contributed by atoms with Gasteiger partial charge < -0.3 is 5.32 Å². The molecule has 0 spiro atoms. The normalized spacial score (nSPS) is 16.8. The zero-order chi connectivity index (χ0) is 13.9. The molecule has 0 bridgehead atoms. The van der Waals surface area contributed by atoms with Crippen molar-refractivity contribution in [2.24, 2.45) is 0 Å². The first-order chi connectivity index (χ1) is 9.83. The minimum Gasteiger partial charge on any atom is -0.312 e. The minimum absolute atomic E-state index is 0.404. The Morgan fingerprint density at radius 1 is 1.15 bits per heavy atom. The van der Waals surface area contributed by atoms with Crippen molar-refractivity contribution in [1.29, 1.82) is 0 Å². The molecule has 1 aliphatic rings. The highest BCUT2D eigenvalue weighted by atomic mass is 15.2. The van der Waals surface area contributed by atoms with E-state index in [1.54, 1.807) is 0 Å². The Morgan fingerprint density at radius 3 is 2.60 bits per heavy atom. The Morgan fingerprint density at radius 2 is 1.90 bits per heavy atom. The molecule has 1 atom stereocenters. The topological polar surface area (TPSA) is 15.3 Å². The first kappa shape index (κ1) is 13.6. The second-order valence-electron chi connectivity index (χ2n) is 5.73. The van der Waals surface area contributed by atoms with Gasteiger partial charge in [-0.1, -0.05) is 49.4 Å². The number of likely N-dealkylation sites (N-methyl/N-ethyl adjacent to an activating group) is 2. The fraction of sp³-hybridized carbons (Fsp3) is 0.444. The van der Waals surface area contributed by atoms with Crippen LogP contribution in [0.2, 0.25) is 0 Å². The van der Waals surface area contributed by atoms with Crippen LogP contribution in [0.15, 0.2) is 42.5 Å². The van der Waals surface area contributed by atoms with Crippen LogP contribution in [0.4, 0.5) is 0 Å². The molecular weight excluding hydrogens is 244 g/mol. The molecule has 1 fully saturated rings. The zero-order valence-electron chi connectivity index (χ0n) is 12.5. The van der Waals surface area contributed by atoms with E-state index in [0.717, 1.165) is 19.1 Å². The summed E-state index contributed by atoms with van der Waals surface area (Å²) >= 11 is 0. The maximum atomic E-state index is 3.52. The van der Waals surface area contributed by atoms with Gasteiger partial charge in [0.1, 0.15) is 0 Å². The summed E-state index contributed by atoms with van der Waals surface area (Å²) in [5.74, 6) is 0. The van der Waals surface area contributed by atoms with Gasteiger partial charge in [0.05, 0.1) is 0 Å². The van der Waals surface area contributed by atoms with Crippen molar-refractivity contribution in [3.63, 3.8) is 0 Å². The van der Waals surface area contributed by atoms with Gasteiger partial charge >= 0.3 is 0 Å². The molecule has 106 valence electrons. The molecule has 2 nitrogen and oxygen atoms in total. The predicted molar refractivity (Wildman–Crippen MR) is 86.0 cm³/mol. The van der Waals surface area contributed by atoms with E-state index in [0.29, 0.717) is 6.04 Å². The van der Waals surface area contributed by atoms with Gasteiger partial charge in [-0.2, -0.15) is 0 Å². The molecule has 20 heavy (non-hydrogen) atoms. The molecule has 2 aromatic rings. The van der Waals surface area contributed by atoms with Gasteiger partial charge in [0.15, 0.2) is 0 Å². The number of hydrogen-bond acceptors (Lipinski definition) is 2. The van der Waals surface area contributed by atoms with Gasteiger partial charge in [0, 0.05) is 18.6 Å². The van der Waals surface area contributed by atoms with Crippen molar-refractivity contribution in [3.05, 3.63) is 48.0 Å². The summed E-state index contributed by atoms with van der Waals surface area (Å²) in [7, 11) is 2.08. The monoisotopic (exact) mass is 268 g/mol. The average molecular weight is 268 g/mol. The largest absolute Gasteiger partial charge is 0.312 e. The lowest BCUT2D eigenvalue weighted by Crippen LogP contribution is -2.35. The summed E-state index contributed by atoms with van der Waals surface area (Å²) < 4.78 is 0. The summed E-state index contributed by atoms with van der Waals surface area (Å²) in [5.41, 5.74) is 1.42. The van der Waals surface area contributed by atoms with Crippen LogP contribution in [0.5, 0.6) is 0 Å². The van der Waals surface area contributed by atoms with Gasteiger partial charge in [0.2, 0.25) is 0 Å². The summed E-state index contributed by atoms with van der Waals surface area (Å²) in [6.45, 7) is 4.52. The van der Waals surface area contributed by atoms with Crippen molar-refractivity contribution < 1.29 is 0 Å². The standard InChI is InChI=1S/C18H24N2/c1-3-20(15-11-12-15)13-18(19-2)17-10-6-8-14-7-4-5-9-16(14)17/h4-10,15,18-19H,3,11-13H2,1-2H3. The Labute approximate surface area is 121 Å². The molecule has 2 heteroatoms. The van der Waals surface area contributed by atoms with E-state index in [1.165, 1.54) is 29.2 Å². The molecule has 1 aliphatic carbocycles. The van der Waals surface area contributed by atoms with Gasteiger partial charge in [-0.15, -0.1) is 0 Å². The molecule has 0 saturated heterocycles. The Hall–Kier alpha value is -1.38. The fourth-order valence-electron chi connectivity index (χ4n) is 3.11. The van der Waals surface area contributed by atoms with Crippen molar-refractivity contribution in [2.75, 3.05) is 20.1 Å². The maximum absolute atomic E-state index is 3.52. The zero-order valence-corrected chi connectivity index (χ0v) is 12.5. The number of nitrogens with one attached hydrogen (secondary N) is 1. The lowest BCUT2D eigenvalue weighted by Gasteiger charge is -2.27. The van der Waals surface area contributed by atoms with Gasteiger partial charge in [-0.3, -0.25) is 4.90 Å². The average Bonchev–Trinajstić information content (AvgIpc) is 3.33. The van der Waals surface area contributed by atoms with Crippen LogP contribution in [0.1, 0.15) is 31.4 Å². The molecule has 3 rings (SSSR count). The van der Waals surface area contributed by atoms with Crippen LogP contribution in [-0.2, 0) is 0 Å². The van der Waals surface area contributed by atoms with E-state index in [1.807, 2.05) is 0 Å². The third kappa shape index (κ3) is 2.72. The second kappa shape index (κ2) is 5.94. The molecule has 1 unspecified atom stereocenters. The van der Waals surface area contributed by atoms with Crippen LogP contribution < -0.4 is 5.32 Å². The van der Waals surface area contributed by atoms with Crippen LogP contribution in [0.3, 0.4) is 0 Å². The van der Waals surface area contributed by atoms with Crippen molar-refractivity contribution in [3.8, 4) is 0 Å². The van der Waals surface area contributed by atoms with Crippen molar-refractivity contribution in [1.82, 2.24) is 10.2 Å². The SMILES string of the molecule is CCN(CC(NC)c1cccc2ccccc12)C1CC1. The second-order valence-corrected chi connectivity index (χ2v) is 5.73. The van der Waals surface area contributed by atoms with Crippen molar-refractivity contribution in [2.45, 2.75) is 31.8 Å². The fourth-order valence-corrected chi connectivity index (χ4v) is 3.11. The summed E-state index contributed by atoms with van der Waals surface area (Å²) in [6, 6.07) is 16.6. The molecule has 0 aromatic heterocycles. The first-order valence-corrected chi connectivity index (χ1v) is 7.72. The van der Waals surface area contributed by atoms with Crippen LogP contribution >= 0.6 is 0 Å². The van der Waals surface area contributed by atoms with Crippen LogP contribution in [-0.4, -0.2) is 31.1 Å². The Kier molecular flexibility index (Phi) is 4.04. The molecule has 0 radical (unpaired) electrons. The summed E-state index contributed by atoms with van der Waals surface area (Å²) in [4.78, 5) is 2.61. The number of hydrogen-bond donors (Lipinski definition) is 1. The van der Waals surface area contributed by atoms with Crippen molar-refractivity contribution >= 4 is 10.8 Å². The van der Waals surface area contributed by atoms with Gasteiger partial charge in [-0.05, 0) is 42.8 Å². The molecule has 0 aliphatic heterocycles. The summed E-state index contributed by atoms with van der Waals surface area (Å²) in [6.07, 6.45) is 2.75. The van der Waals surface area contributed by atoms with Crippen LogP contribution in [0, 0.1) is 0 Å². The quantitative estimate of drug-likeness (QED) is 0.861. The highest BCUT2D eigenvalue weighted by Crippen LogP contribution is 2.30. The Balaban J connectivity index is 1.90. The number of fused-ring (bicyclic) bond motifs is 1. The maximum Gasteiger partial charge on any atom is 0.0453 e. The van der Waals surface area contributed by atoms with E-state index in [4.69, 9.17) is 0 Å². The molecule has 2 aromatic carbocycles. The third-order valence-corrected chi connectivity index (χ3v) is 4.43. The summed E-state index contributed by atoms with van der Waals surface area (Å²) in [5, 5.41) is 6.23. The van der Waals surface area contributed by atoms with Gasteiger partial charge in [0.25, 0.3) is 0 Å². The molecule has 0 heterocycles. The van der Waals surface area contributed by atoms with E-state index in [9.17, 15) is 0 Å². The predicted octanol–water partition coefficient (Wildman–Crippen LogP) is 3.58. The number of benzene rings is 2. The number of nitrogens with zero attached hydrogens (tertiary/aromatic N) is 1. The minimum atomic E-state index is 0.404. The number of rotatable bonds is 6. The smallest absolute Gasteiger partial charge is 0.0453 e. The Bertz CT molecular complexity index is 569. The third-order valence-electron chi connectivity index (χ3n) is 4.43. The molecule has 1 N–H and O–H groups in total. The molecular formula is C18H24N2. The highest BCUT2D eigenvalue weighted by molar-refractivity contribution is 5.86.